The van der Waals surface area contributed by atoms with E-state index >= 15 is 0 Å². The van der Waals surface area contributed by atoms with Crippen LogP contribution in [0.5, 0.6) is 5.75 Å². The van der Waals surface area contributed by atoms with Gasteiger partial charge in [0.2, 0.25) is 0 Å². The fraction of sp³-hybridized carbons (Fsp3) is 0.588. The van der Waals surface area contributed by atoms with Crippen LogP contribution >= 0.6 is 0 Å². The quantitative estimate of drug-likeness (QED) is 0.376. The first-order valence-corrected chi connectivity index (χ1v) is 7.42. The van der Waals surface area contributed by atoms with Crippen molar-refractivity contribution in [2.75, 3.05) is 0 Å². The fourth-order valence-corrected chi connectivity index (χ4v) is 2.06. The van der Waals surface area contributed by atoms with Gasteiger partial charge >= 0.3 is 5.97 Å². The van der Waals surface area contributed by atoms with E-state index < -0.39 is 0 Å². The molecule has 0 bridgehead atoms. The highest BCUT2D eigenvalue weighted by Gasteiger charge is 2.07. The first kappa shape index (κ1) is 15.7. The number of carbonyl (C=O) groups excluding carboxylic acids is 1. The molecule has 0 aliphatic heterocycles. The molecule has 0 fully saturated rings. The smallest absolute Gasteiger partial charge is 0.311 e. The summed E-state index contributed by atoms with van der Waals surface area (Å²) in [6.07, 6.45) is 7.66. The maximum atomic E-state index is 11.7. The van der Waals surface area contributed by atoms with Gasteiger partial charge in [0.1, 0.15) is 5.75 Å². The van der Waals surface area contributed by atoms with Crippen molar-refractivity contribution in [1.29, 1.82) is 0 Å². The molecule has 2 nitrogen and oxygen atoms in total. The van der Waals surface area contributed by atoms with Crippen molar-refractivity contribution < 1.29 is 9.53 Å². The molecule has 106 valence electrons. The van der Waals surface area contributed by atoms with Crippen LogP contribution in [0.2, 0.25) is 0 Å². The molecule has 0 N–H and O–H groups in total. The van der Waals surface area contributed by atoms with Crippen LogP contribution in [0.1, 0.15) is 63.0 Å². The van der Waals surface area contributed by atoms with E-state index in [1.54, 1.807) is 0 Å². The number of ether oxygens (including phenoxy) is 1. The Labute approximate surface area is 117 Å². The van der Waals surface area contributed by atoms with Gasteiger partial charge in [-0.2, -0.15) is 0 Å². The van der Waals surface area contributed by atoms with Crippen LogP contribution in [-0.2, 0) is 4.79 Å². The lowest BCUT2D eigenvalue weighted by molar-refractivity contribution is -0.134. The Kier molecular flexibility index (Phi) is 7.24. The monoisotopic (exact) mass is 262 g/mol. The first-order chi connectivity index (χ1) is 9.15. The van der Waals surface area contributed by atoms with E-state index in [9.17, 15) is 4.79 Å². The molecular weight excluding hydrogens is 236 g/mol. The molecule has 0 aromatic heterocycles. The molecule has 0 atom stereocenters. The summed E-state index contributed by atoms with van der Waals surface area (Å²) in [6.45, 7) is 6.23. The van der Waals surface area contributed by atoms with Gasteiger partial charge in [0, 0.05) is 6.42 Å². The van der Waals surface area contributed by atoms with Crippen molar-refractivity contribution >= 4 is 5.97 Å². The van der Waals surface area contributed by atoms with Crippen LogP contribution in [-0.4, -0.2) is 5.97 Å². The summed E-state index contributed by atoms with van der Waals surface area (Å²) >= 11 is 0. The zero-order valence-electron chi connectivity index (χ0n) is 12.5. The predicted octanol–water partition coefficient (Wildman–Crippen LogP) is 4.96. The van der Waals surface area contributed by atoms with Gasteiger partial charge in [0.25, 0.3) is 0 Å². The molecule has 0 saturated carbocycles. The van der Waals surface area contributed by atoms with Gasteiger partial charge in [-0.15, -0.1) is 0 Å². The zero-order chi connectivity index (χ0) is 14.1. The van der Waals surface area contributed by atoms with E-state index in [0.29, 0.717) is 12.2 Å². The van der Waals surface area contributed by atoms with E-state index in [4.69, 9.17) is 4.74 Å². The van der Waals surface area contributed by atoms with Gasteiger partial charge in [-0.05, 0) is 37.5 Å². The second-order valence-corrected chi connectivity index (χ2v) is 5.19. The van der Waals surface area contributed by atoms with E-state index in [-0.39, 0.29) is 5.97 Å². The molecule has 0 aliphatic carbocycles. The zero-order valence-corrected chi connectivity index (χ0v) is 12.5. The highest BCUT2D eigenvalue weighted by Crippen LogP contribution is 2.21. The summed E-state index contributed by atoms with van der Waals surface area (Å²) in [5, 5.41) is 0. The van der Waals surface area contributed by atoms with Crippen molar-refractivity contribution in [3.05, 3.63) is 29.3 Å². The number of hydrogen-bond donors (Lipinski definition) is 0. The van der Waals surface area contributed by atoms with Gasteiger partial charge in [-0.25, -0.2) is 0 Å². The third-order valence-electron chi connectivity index (χ3n) is 3.51. The molecule has 0 aliphatic rings. The number of rotatable bonds is 8. The lowest BCUT2D eigenvalue weighted by Crippen LogP contribution is -2.08. The lowest BCUT2D eigenvalue weighted by atomic mass is 10.1. The molecular formula is C17H26O2. The molecule has 0 saturated heterocycles. The van der Waals surface area contributed by atoms with Gasteiger partial charge < -0.3 is 4.74 Å². The maximum Gasteiger partial charge on any atom is 0.311 e. The van der Waals surface area contributed by atoms with Crippen LogP contribution in [0.3, 0.4) is 0 Å². The van der Waals surface area contributed by atoms with Crippen molar-refractivity contribution in [2.45, 2.75) is 65.7 Å². The summed E-state index contributed by atoms with van der Waals surface area (Å²) < 4.78 is 5.41. The molecule has 19 heavy (non-hydrogen) atoms. The van der Waals surface area contributed by atoms with Crippen LogP contribution in [0, 0.1) is 13.8 Å². The van der Waals surface area contributed by atoms with Crippen LogP contribution < -0.4 is 4.74 Å². The Morgan fingerprint density at radius 1 is 1.05 bits per heavy atom. The number of aryl methyl sites for hydroxylation is 1. The Morgan fingerprint density at radius 3 is 2.47 bits per heavy atom. The first-order valence-electron chi connectivity index (χ1n) is 7.42. The van der Waals surface area contributed by atoms with Crippen LogP contribution in [0.25, 0.3) is 0 Å². The summed E-state index contributed by atoms with van der Waals surface area (Å²) in [5.41, 5.74) is 2.21. The second kappa shape index (κ2) is 8.73. The van der Waals surface area contributed by atoms with E-state index in [2.05, 4.69) is 6.92 Å². The van der Waals surface area contributed by atoms with Crippen LogP contribution in [0.15, 0.2) is 18.2 Å². The number of esters is 1. The van der Waals surface area contributed by atoms with Crippen molar-refractivity contribution in [3.8, 4) is 5.75 Å². The molecule has 1 aromatic carbocycles. The standard InChI is InChI=1S/C17H26O2/c1-4-5-6-7-8-9-13-17(18)19-16-12-10-11-14(2)15(16)3/h10-12H,4-9,13H2,1-3H3. The Bertz CT molecular complexity index is 396. The summed E-state index contributed by atoms with van der Waals surface area (Å²) in [6, 6.07) is 5.82. The minimum Gasteiger partial charge on any atom is -0.426 e. The highest BCUT2D eigenvalue weighted by molar-refractivity contribution is 5.72. The molecule has 0 unspecified atom stereocenters. The second-order valence-electron chi connectivity index (χ2n) is 5.19. The highest BCUT2D eigenvalue weighted by atomic mass is 16.5. The SMILES string of the molecule is CCCCCCCCC(=O)Oc1cccc(C)c1C. The topological polar surface area (TPSA) is 26.3 Å². The average molecular weight is 262 g/mol. The molecule has 2 heteroatoms. The van der Waals surface area contributed by atoms with Gasteiger partial charge in [-0.1, -0.05) is 51.2 Å². The number of unbranched alkanes of at least 4 members (excludes halogenated alkanes) is 5. The van der Waals surface area contributed by atoms with Gasteiger partial charge in [0.15, 0.2) is 0 Å². The number of carbonyl (C=O) groups is 1. The maximum absolute atomic E-state index is 11.7. The predicted molar refractivity (Wildman–Crippen MR) is 79.5 cm³/mol. The lowest BCUT2D eigenvalue weighted by Gasteiger charge is -2.09. The van der Waals surface area contributed by atoms with E-state index in [0.717, 1.165) is 24.0 Å². The molecule has 0 amide bonds. The number of benzene rings is 1. The Morgan fingerprint density at radius 2 is 1.74 bits per heavy atom. The summed E-state index contributed by atoms with van der Waals surface area (Å²) in [4.78, 5) is 11.7. The fourth-order valence-electron chi connectivity index (χ4n) is 2.06. The molecule has 0 spiro atoms. The third kappa shape index (κ3) is 5.91. The summed E-state index contributed by atoms with van der Waals surface area (Å²) in [5.74, 6) is 0.597. The normalized spacial score (nSPS) is 10.5. The molecule has 0 radical (unpaired) electrons. The van der Waals surface area contributed by atoms with E-state index in [1.165, 1.54) is 25.7 Å². The van der Waals surface area contributed by atoms with Gasteiger partial charge in [0.05, 0.1) is 0 Å². The van der Waals surface area contributed by atoms with E-state index in [1.807, 2.05) is 32.0 Å². The minimum absolute atomic E-state index is 0.107. The summed E-state index contributed by atoms with van der Waals surface area (Å²) in [7, 11) is 0. The molecule has 1 rings (SSSR count). The number of hydrogen-bond acceptors (Lipinski definition) is 2. The molecule has 1 aromatic rings. The van der Waals surface area contributed by atoms with Gasteiger partial charge in [-0.3, -0.25) is 4.79 Å². The Hall–Kier alpha value is -1.31. The van der Waals surface area contributed by atoms with Crippen molar-refractivity contribution in [2.24, 2.45) is 0 Å². The third-order valence-corrected chi connectivity index (χ3v) is 3.51. The molecule has 0 heterocycles. The van der Waals surface area contributed by atoms with Crippen molar-refractivity contribution in [3.63, 3.8) is 0 Å². The largest absolute Gasteiger partial charge is 0.426 e. The van der Waals surface area contributed by atoms with Crippen LogP contribution in [0.4, 0.5) is 0 Å². The van der Waals surface area contributed by atoms with Crippen molar-refractivity contribution in [1.82, 2.24) is 0 Å². The minimum atomic E-state index is -0.107. The Balaban J connectivity index is 2.26. The average Bonchev–Trinajstić information content (AvgIpc) is 2.39.